The molecule has 1 atom stereocenters. The number of methoxy groups -OCH3 is 1. The van der Waals surface area contributed by atoms with Gasteiger partial charge in [-0.3, -0.25) is 4.79 Å². The van der Waals surface area contributed by atoms with Crippen molar-refractivity contribution in [2.75, 3.05) is 13.7 Å². The average molecular weight is 187 g/mol. The number of ether oxygens (including phenoxy) is 2. The maximum Gasteiger partial charge on any atom is 0.336 e. The van der Waals surface area contributed by atoms with Gasteiger partial charge in [-0.25, -0.2) is 4.79 Å². The molecule has 0 rings (SSSR count). The first kappa shape index (κ1) is 11.8. The Hall–Kier alpha value is -1.23. The first-order valence-electron chi connectivity index (χ1n) is 3.79. The number of Topliss-reactive ketones (excluding diaryl/α,β-unsaturated/α-hetero) is 1. The lowest BCUT2D eigenvalue weighted by Crippen LogP contribution is -2.28. The third-order valence-electron chi connectivity index (χ3n) is 1.33. The van der Waals surface area contributed by atoms with Crippen molar-refractivity contribution in [1.29, 1.82) is 5.41 Å². The third-order valence-corrected chi connectivity index (χ3v) is 1.33. The van der Waals surface area contributed by atoms with Gasteiger partial charge in [0.15, 0.2) is 6.10 Å². The van der Waals surface area contributed by atoms with Crippen molar-refractivity contribution in [1.82, 2.24) is 0 Å². The number of hydrogen-bond donors (Lipinski definition) is 1. The van der Waals surface area contributed by atoms with Gasteiger partial charge in [0.1, 0.15) is 12.4 Å². The minimum atomic E-state index is -0.850. The van der Waals surface area contributed by atoms with Gasteiger partial charge in [-0.2, -0.15) is 0 Å². The summed E-state index contributed by atoms with van der Waals surface area (Å²) >= 11 is 0. The average Bonchev–Trinajstić information content (AvgIpc) is 2.09. The van der Waals surface area contributed by atoms with E-state index in [1.807, 2.05) is 0 Å². The van der Waals surface area contributed by atoms with Gasteiger partial charge in [-0.15, -0.1) is 0 Å². The number of ketones is 1. The largest absolute Gasteiger partial charge is 0.458 e. The summed E-state index contributed by atoms with van der Waals surface area (Å²) in [6.45, 7) is 1.28. The summed E-state index contributed by atoms with van der Waals surface area (Å²) in [5, 5.41) is 6.63. The zero-order valence-electron chi connectivity index (χ0n) is 7.70. The zero-order chi connectivity index (χ0) is 10.3. The van der Waals surface area contributed by atoms with Crippen molar-refractivity contribution in [2.45, 2.75) is 19.4 Å². The van der Waals surface area contributed by atoms with Crippen LogP contribution in [0.1, 0.15) is 13.3 Å². The van der Waals surface area contributed by atoms with E-state index in [1.54, 1.807) is 0 Å². The SMILES string of the molecule is COC(CC(C)=O)C(=O)OCC=N. The quantitative estimate of drug-likeness (QED) is 0.475. The number of carbonyl (C=O) groups excluding carboxylic acids is 2. The van der Waals surface area contributed by atoms with Crippen molar-refractivity contribution in [2.24, 2.45) is 0 Å². The molecule has 13 heavy (non-hydrogen) atoms. The van der Waals surface area contributed by atoms with E-state index in [1.165, 1.54) is 14.0 Å². The maximum atomic E-state index is 11.1. The van der Waals surface area contributed by atoms with E-state index in [2.05, 4.69) is 4.74 Å². The van der Waals surface area contributed by atoms with Gasteiger partial charge in [-0.05, 0) is 6.92 Å². The lowest BCUT2D eigenvalue weighted by atomic mass is 10.2. The molecule has 0 saturated heterocycles. The third kappa shape index (κ3) is 5.08. The van der Waals surface area contributed by atoms with Crippen LogP contribution in [0.2, 0.25) is 0 Å². The molecule has 0 aromatic rings. The van der Waals surface area contributed by atoms with Crippen LogP contribution < -0.4 is 0 Å². The summed E-state index contributed by atoms with van der Waals surface area (Å²) in [5.74, 6) is -0.750. The van der Waals surface area contributed by atoms with E-state index >= 15 is 0 Å². The van der Waals surface area contributed by atoms with Gasteiger partial charge in [0, 0.05) is 19.7 Å². The van der Waals surface area contributed by atoms with E-state index in [-0.39, 0.29) is 18.8 Å². The molecule has 0 spiro atoms. The fourth-order valence-corrected chi connectivity index (χ4v) is 0.741. The molecule has 1 unspecified atom stereocenters. The molecule has 0 aromatic heterocycles. The van der Waals surface area contributed by atoms with Crippen molar-refractivity contribution in [3.05, 3.63) is 0 Å². The van der Waals surface area contributed by atoms with Gasteiger partial charge in [0.05, 0.1) is 0 Å². The highest BCUT2D eigenvalue weighted by molar-refractivity contribution is 5.84. The summed E-state index contributed by atoms with van der Waals surface area (Å²) in [7, 11) is 1.33. The van der Waals surface area contributed by atoms with Crippen LogP contribution in [0.15, 0.2) is 0 Å². The van der Waals surface area contributed by atoms with Crippen LogP contribution in [0.4, 0.5) is 0 Å². The van der Waals surface area contributed by atoms with Gasteiger partial charge in [-0.1, -0.05) is 0 Å². The van der Waals surface area contributed by atoms with E-state index in [4.69, 9.17) is 10.1 Å². The van der Waals surface area contributed by atoms with Crippen molar-refractivity contribution in [3.63, 3.8) is 0 Å². The minimum Gasteiger partial charge on any atom is -0.458 e. The van der Waals surface area contributed by atoms with E-state index in [0.29, 0.717) is 0 Å². The number of nitrogens with one attached hydrogen (secondary N) is 1. The molecule has 5 nitrogen and oxygen atoms in total. The molecule has 0 radical (unpaired) electrons. The van der Waals surface area contributed by atoms with E-state index in [9.17, 15) is 9.59 Å². The molecule has 0 heterocycles. The van der Waals surface area contributed by atoms with Crippen molar-refractivity contribution < 1.29 is 19.1 Å². The molecule has 74 valence electrons. The summed E-state index contributed by atoms with van der Waals surface area (Å²) in [4.78, 5) is 21.7. The molecule has 0 amide bonds. The van der Waals surface area contributed by atoms with Crippen molar-refractivity contribution >= 4 is 18.0 Å². The molecular weight excluding hydrogens is 174 g/mol. The molecule has 0 bridgehead atoms. The topological polar surface area (TPSA) is 76.5 Å². The number of carbonyl (C=O) groups is 2. The van der Waals surface area contributed by atoms with Gasteiger partial charge >= 0.3 is 5.97 Å². The number of hydrogen-bond acceptors (Lipinski definition) is 5. The monoisotopic (exact) mass is 187 g/mol. The van der Waals surface area contributed by atoms with Crippen LogP contribution in [0.25, 0.3) is 0 Å². The Balaban J connectivity index is 3.98. The predicted molar refractivity (Wildman–Crippen MR) is 45.8 cm³/mol. The second-order valence-electron chi connectivity index (χ2n) is 2.46. The highest BCUT2D eigenvalue weighted by Gasteiger charge is 2.20. The molecule has 0 fully saturated rings. The maximum absolute atomic E-state index is 11.1. The molecule has 0 aromatic carbocycles. The summed E-state index contributed by atoms with van der Waals surface area (Å²) in [6.07, 6.45) is 0.114. The summed E-state index contributed by atoms with van der Waals surface area (Å²) in [6, 6.07) is 0. The van der Waals surface area contributed by atoms with Crippen LogP contribution in [-0.4, -0.2) is 37.8 Å². The summed E-state index contributed by atoms with van der Waals surface area (Å²) < 4.78 is 9.34. The standard InChI is InChI=1S/C8H13NO4/c1-6(10)5-7(12-2)8(11)13-4-3-9/h3,7,9H,4-5H2,1-2H3. The second-order valence-corrected chi connectivity index (χ2v) is 2.46. The van der Waals surface area contributed by atoms with Crippen LogP contribution in [0, 0.1) is 5.41 Å². The Kier molecular flexibility index (Phi) is 5.71. The first-order valence-corrected chi connectivity index (χ1v) is 3.79. The van der Waals surface area contributed by atoms with Crippen LogP contribution >= 0.6 is 0 Å². The molecule has 5 heteroatoms. The molecule has 0 aliphatic carbocycles. The Morgan fingerprint density at radius 2 is 2.15 bits per heavy atom. The molecular formula is C8H13NO4. The Morgan fingerprint density at radius 3 is 2.54 bits per heavy atom. The fourth-order valence-electron chi connectivity index (χ4n) is 0.741. The van der Waals surface area contributed by atoms with Crippen LogP contribution in [0.5, 0.6) is 0 Å². The molecule has 0 aliphatic heterocycles. The smallest absolute Gasteiger partial charge is 0.336 e. The Morgan fingerprint density at radius 1 is 1.54 bits per heavy atom. The normalized spacial score (nSPS) is 11.8. The molecule has 0 aliphatic rings. The second kappa shape index (κ2) is 6.30. The number of esters is 1. The van der Waals surface area contributed by atoms with Crippen molar-refractivity contribution in [3.8, 4) is 0 Å². The van der Waals surface area contributed by atoms with Crippen LogP contribution in [-0.2, 0) is 19.1 Å². The van der Waals surface area contributed by atoms with Crippen LogP contribution in [0.3, 0.4) is 0 Å². The Labute approximate surface area is 76.5 Å². The van der Waals surface area contributed by atoms with Gasteiger partial charge in [0.25, 0.3) is 0 Å². The van der Waals surface area contributed by atoms with E-state index < -0.39 is 12.1 Å². The van der Waals surface area contributed by atoms with E-state index in [0.717, 1.165) is 6.21 Å². The first-order chi connectivity index (χ1) is 6.11. The van der Waals surface area contributed by atoms with Gasteiger partial charge < -0.3 is 14.9 Å². The Bertz CT molecular complexity index is 202. The zero-order valence-corrected chi connectivity index (χ0v) is 7.70. The lowest BCUT2D eigenvalue weighted by Gasteiger charge is -2.11. The highest BCUT2D eigenvalue weighted by atomic mass is 16.6. The number of rotatable bonds is 6. The predicted octanol–water partition coefficient (Wildman–Crippen LogP) is 0.173. The summed E-state index contributed by atoms with van der Waals surface area (Å²) in [5.41, 5.74) is 0. The lowest BCUT2D eigenvalue weighted by molar-refractivity contribution is -0.155. The highest BCUT2D eigenvalue weighted by Crippen LogP contribution is 2.00. The minimum absolute atomic E-state index is 0.00728. The van der Waals surface area contributed by atoms with Gasteiger partial charge in [0.2, 0.25) is 0 Å². The molecule has 0 saturated carbocycles. The molecule has 1 N–H and O–H groups in total. The fraction of sp³-hybridized carbons (Fsp3) is 0.625.